The van der Waals surface area contributed by atoms with E-state index in [0.717, 1.165) is 0 Å². The summed E-state index contributed by atoms with van der Waals surface area (Å²) in [5, 5.41) is 9.41. The number of benzene rings is 1. The van der Waals surface area contributed by atoms with Crippen molar-refractivity contribution < 1.29 is 4.39 Å². The fourth-order valence-electron chi connectivity index (χ4n) is 1.70. The monoisotopic (exact) mass is 263 g/mol. The third kappa shape index (κ3) is 2.36. The third-order valence-electron chi connectivity index (χ3n) is 2.71. The molecule has 0 fully saturated rings. The summed E-state index contributed by atoms with van der Waals surface area (Å²) in [6.07, 6.45) is 2.17. The van der Waals surface area contributed by atoms with E-state index in [1.165, 1.54) is 24.4 Å². The van der Waals surface area contributed by atoms with Crippen LogP contribution in [0, 0.1) is 17.1 Å². The number of nitrogens with zero attached hydrogens (tertiary/aromatic N) is 2. The summed E-state index contributed by atoms with van der Waals surface area (Å²) in [4.78, 5) is 7.08. The van der Waals surface area contributed by atoms with Gasteiger partial charge in [-0.05, 0) is 24.6 Å². The smallest absolute Gasteiger partial charge is 0.132 e. The van der Waals surface area contributed by atoms with Crippen molar-refractivity contribution in [2.45, 2.75) is 19.3 Å². The fraction of sp³-hybridized carbons (Fsp3) is 0.231. The maximum Gasteiger partial charge on any atom is 0.132 e. The Morgan fingerprint density at radius 1 is 1.56 bits per heavy atom. The predicted octanol–water partition coefficient (Wildman–Crippen LogP) is 3.89. The van der Waals surface area contributed by atoms with E-state index >= 15 is 0 Å². The van der Waals surface area contributed by atoms with E-state index < -0.39 is 0 Å². The highest BCUT2D eigenvalue weighted by Gasteiger charge is 2.14. The van der Waals surface area contributed by atoms with Crippen molar-refractivity contribution >= 4 is 11.6 Å². The lowest BCUT2D eigenvalue weighted by atomic mass is 10.1. The van der Waals surface area contributed by atoms with Crippen molar-refractivity contribution in [3.63, 3.8) is 0 Å². The van der Waals surface area contributed by atoms with Gasteiger partial charge in [-0.2, -0.15) is 5.26 Å². The number of hydrogen-bond donors (Lipinski definition) is 1. The maximum absolute atomic E-state index is 13.7. The number of aromatic amines is 1. The molecule has 2 aromatic rings. The van der Waals surface area contributed by atoms with Gasteiger partial charge in [-0.1, -0.05) is 18.5 Å². The van der Waals surface area contributed by atoms with Gasteiger partial charge in [0.1, 0.15) is 17.6 Å². The second-order valence-corrected chi connectivity index (χ2v) is 4.33. The molecule has 3 nitrogen and oxygen atoms in total. The van der Waals surface area contributed by atoms with E-state index in [0.29, 0.717) is 28.5 Å². The van der Waals surface area contributed by atoms with Crippen molar-refractivity contribution in [2.24, 2.45) is 0 Å². The summed E-state index contributed by atoms with van der Waals surface area (Å²) in [5.74, 6) is -0.130. The molecule has 0 aliphatic carbocycles. The Labute approximate surface area is 109 Å². The number of hydrogen-bond acceptors (Lipinski definition) is 2. The van der Waals surface area contributed by atoms with E-state index in [1.54, 1.807) is 0 Å². The summed E-state index contributed by atoms with van der Waals surface area (Å²) >= 11 is 5.84. The molecule has 92 valence electrons. The van der Waals surface area contributed by atoms with Gasteiger partial charge in [0.2, 0.25) is 0 Å². The van der Waals surface area contributed by atoms with E-state index in [9.17, 15) is 4.39 Å². The largest absolute Gasteiger partial charge is 0.341 e. The van der Waals surface area contributed by atoms with Crippen molar-refractivity contribution in [3.05, 3.63) is 41.1 Å². The first kappa shape index (κ1) is 12.6. The van der Waals surface area contributed by atoms with Gasteiger partial charge < -0.3 is 4.98 Å². The van der Waals surface area contributed by atoms with Gasteiger partial charge >= 0.3 is 0 Å². The fourth-order valence-corrected chi connectivity index (χ4v) is 1.87. The Bertz CT molecular complexity index is 601. The summed E-state index contributed by atoms with van der Waals surface area (Å²) in [6.45, 7) is 1.90. The highest BCUT2D eigenvalue weighted by molar-refractivity contribution is 6.30. The number of halogens is 2. The summed E-state index contributed by atoms with van der Waals surface area (Å²) < 4.78 is 13.7. The van der Waals surface area contributed by atoms with Crippen LogP contribution in [0.25, 0.3) is 11.3 Å². The molecule has 1 heterocycles. The van der Waals surface area contributed by atoms with Gasteiger partial charge in [-0.3, -0.25) is 0 Å². The molecule has 0 spiro atoms. The Kier molecular flexibility index (Phi) is 3.63. The lowest BCUT2D eigenvalue weighted by molar-refractivity contribution is 0.630. The number of rotatable bonds is 3. The molecule has 1 N–H and O–H groups in total. The van der Waals surface area contributed by atoms with Crippen LogP contribution < -0.4 is 0 Å². The van der Waals surface area contributed by atoms with Crippen LogP contribution in [0.15, 0.2) is 24.4 Å². The quantitative estimate of drug-likeness (QED) is 0.913. The first-order valence-corrected chi connectivity index (χ1v) is 5.93. The number of H-pyrrole nitrogens is 1. The molecule has 0 amide bonds. The van der Waals surface area contributed by atoms with E-state index in [1.807, 2.05) is 6.92 Å². The molecule has 1 atom stereocenters. The molecule has 1 aromatic heterocycles. The van der Waals surface area contributed by atoms with Crippen LogP contribution >= 0.6 is 11.6 Å². The minimum Gasteiger partial charge on any atom is -0.341 e. The Morgan fingerprint density at radius 3 is 3.00 bits per heavy atom. The molecular formula is C13H11ClFN3. The Hall–Kier alpha value is -1.86. The van der Waals surface area contributed by atoms with Crippen molar-refractivity contribution in [1.29, 1.82) is 5.26 Å². The van der Waals surface area contributed by atoms with Gasteiger partial charge in [0.25, 0.3) is 0 Å². The molecule has 1 unspecified atom stereocenters. The summed E-state index contributed by atoms with van der Waals surface area (Å²) in [6, 6.07) is 6.47. The van der Waals surface area contributed by atoms with Crippen LogP contribution in [0.4, 0.5) is 4.39 Å². The molecule has 0 bridgehead atoms. The first-order valence-electron chi connectivity index (χ1n) is 5.55. The molecular weight excluding hydrogens is 253 g/mol. The molecule has 0 aliphatic heterocycles. The van der Waals surface area contributed by atoms with Gasteiger partial charge in [-0.25, -0.2) is 9.37 Å². The molecule has 0 saturated heterocycles. The zero-order valence-corrected chi connectivity index (χ0v) is 10.5. The lowest BCUT2D eigenvalue weighted by Gasteiger charge is -2.02. The molecule has 18 heavy (non-hydrogen) atoms. The van der Waals surface area contributed by atoms with Crippen molar-refractivity contribution in [1.82, 2.24) is 9.97 Å². The zero-order valence-electron chi connectivity index (χ0n) is 9.74. The number of nitriles is 1. The van der Waals surface area contributed by atoms with Gasteiger partial charge in [0, 0.05) is 10.6 Å². The maximum atomic E-state index is 13.7. The average molecular weight is 264 g/mol. The molecule has 1 aromatic carbocycles. The molecule has 5 heteroatoms. The van der Waals surface area contributed by atoms with Gasteiger partial charge in [-0.15, -0.1) is 0 Å². The Morgan fingerprint density at radius 2 is 2.33 bits per heavy atom. The highest BCUT2D eigenvalue weighted by Crippen LogP contribution is 2.26. The molecule has 0 aliphatic rings. The van der Waals surface area contributed by atoms with Crippen molar-refractivity contribution in [2.75, 3.05) is 0 Å². The van der Waals surface area contributed by atoms with Crippen LogP contribution in [0.2, 0.25) is 5.02 Å². The van der Waals surface area contributed by atoms with Gasteiger partial charge in [0.05, 0.1) is 18.0 Å². The number of nitrogens with one attached hydrogen (secondary N) is 1. The molecule has 2 rings (SSSR count). The van der Waals surface area contributed by atoms with Crippen LogP contribution in [0.5, 0.6) is 0 Å². The number of imidazole rings is 1. The minimum absolute atomic E-state index is 0.305. The Balaban J connectivity index is 2.41. The summed E-state index contributed by atoms with van der Waals surface area (Å²) in [7, 11) is 0. The van der Waals surface area contributed by atoms with Crippen LogP contribution in [0.3, 0.4) is 0 Å². The SMILES string of the molecule is CCC(C#N)c1ncc(-c2cc(Cl)ccc2F)[nH]1. The lowest BCUT2D eigenvalue weighted by Crippen LogP contribution is -1.96. The van der Waals surface area contributed by atoms with E-state index in [-0.39, 0.29) is 11.7 Å². The van der Waals surface area contributed by atoms with Crippen molar-refractivity contribution in [3.8, 4) is 17.3 Å². The normalized spacial score (nSPS) is 12.1. The third-order valence-corrected chi connectivity index (χ3v) is 2.94. The second kappa shape index (κ2) is 5.19. The van der Waals surface area contributed by atoms with E-state index in [2.05, 4.69) is 16.0 Å². The highest BCUT2D eigenvalue weighted by atomic mass is 35.5. The second-order valence-electron chi connectivity index (χ2n) is 3.90. The van der Waals surface area contributed by atoms with Crippen LogP contribution in [0.1, 0.15) is 25.1 Å². The molecule has 0 radical (unpaired) electrons. The van der Waals surface area contributed by atoms with Crippen LogP contribution in [-0.2, 0) is 0 Å². The van der Waals surface area contributed by atoms with E-state index in [4.69, 9.17) is 16.9 Å². The average Bonchev–Trinajstić information content (AvgIpc) is 2.83. The topological polar surface area (TPSA) is 52.5 Å². The zero-order chi connectivity index (χ0) is 13.1. The number of aromatic nitrogens is 2. The standard InChI is InChI=1S/C13H11ClFN3/c1-2-8(6-16)13-17-7-12(18-13)10-5-9(14)3-4-11(10)15/h3-5,7-8H,2H2,1H3,(H,17,18). The molecule has 0 saturated carbocycles. The first-order chi connectivity index (χ1) is 8.65. The van der Waals surface area contributed by atoms with Gasteiger partial charge in [0.15, 0.2) is 0 Å². The van der Waals surface area contributed by atoms with Crippen LogP contribution in [-0.4, -0.2) is 9.97 Å². The predicted molar refractivity (Wildman–Crippen MR) is 67.6 cm³/mol. The summed E-state index contributed by atoms with van der Waals surface area (Å²) in [5.41, 5.74) is 0.882. The minimum atomic E-state index is -0.375.